The molecule has 0 N–H and O–H groups in total. The van der Waals surface area contributed by atoms with Crippen molar-refractivity contribution in [3.63, 3.8) is 0 Å². The lowest BCUT2D eigenvalue weighted by Crippen LogP contribution is -2.18. The van der Waals surface area contributed by atoms with E-state index in [1.165, 1.54) is 0 Å². The largest absolute Gasteiger partial charge is 0.488 e. The van der Waals surface area contributed by atoms with Gasteiger partial charge >= 0.3 is 0 Å². The molecule has 2 heteroatoms. The summed E-state index contributed by atoms with van der Waals surface area (Å²) < 4.78 is 5.41. The van der Waals surface area contributed by atoms with Gasteiger partial charge in [0, 0.05) is 5.57 Å². The standard InChI is InChI=1S/C11H10O2/c1-2-8-7-13-10-6-4-3-5-9(10)11(8)12/h2-6H,7H2,1H3/b8-2+. The van der Waals surface area contributed by atoms with Gasteiger partial charge in [-0.15, -0.1) is 0 Å². The molecule has 0 radical (unpaired) electrons. The Bertz CT molecular complexity index is 377. The minimum absolute atomic E-state index is 0.0874. The molecular weight excluding hydrogens is 164 g/mol. The lowest BCUT2D eigenvalue weighted by atomic mass is 10.0. The molecule has 2 rings (SSSR count). The number of allylic oxidation sites excluding steroid dienone is 1. The first kappa shape index (κ1) is 8.05. The Labute approximate surface area is 76.8 Å². The zero-order valence-corrected chi connectivity index (χ0v) is 7.41. The third-order valence-corrected chi connectivity index (χ3v) is 2.15. The molecule has 0 unspecified atom stereocenters. The van der Waals surface area contributed by atoms with Gasteiger partial charge in [0.05, 0.1) is 5.56 Å². The predicted molar refractivity (Wildman–Crippen MR) is 50.0 cm³/mol. The molecule has 1 heterocycles. The molecule has 1 aromatic carbocycles. The number of carbonyl (C=O) groups excluding carboxylic acids is 1. The fourth-order valence-electron chi connectivity index (χ4n) is 1.39. The smallest absolute Gasteiger partial charge is 0.195 e. The molecule has 1 aromatic rings. The lowest BCUT2D eigenvalue weighted by molar-refractivity contribution is 0.0999. The molecule has 0 saturated carbocycles. The summed E-state index contributed by atoms with van der Waals surface area (Å²) in [5.74, 6) is 0.780. The third kappa shape index (κ3) is 1.24. The van der Waals surface area contributed by atoms with Crippen molar-refractivity contribution in [1.29, 1.82) is 0 Å². The highest BCUT2D eigenvalue weighted by atomic mass is 16.5. The second-order valence-electron chi connectivity index (χ2n) is 2.93. The number of ketones is 1. The molecule has 0 fully saturated rings. The summed E-state index contributed by atoms with van der Waals surface area (Å²) in [5, 5.41) is 0. The van der Waals surface area contributed by atoms with Gasteiger partial charge in [0.25, 0.3) is 0 Å². The van der Waals surface area contributed by atoms with Gasteiger partial charge in [-0.25, -0.2) is 0 Å². The van der Waals surface area contributed by atoms with Crippen molar-refractivity contribution in [2.45, 2.75) is 6.92 Å². The molecule has 1 aliphatic heterocycles. The monoisotopic (exact) mass is 174 g/mol. The third-order valence-electron chi connectivity index (χ3n) is 2.15. The minimum Gasteiger partial charge on any atom is -0.488 e. The van der Waals surface area contributed by atoms with Gasteiger partial charge in [-0.2, -0.15) is 0 Å². The Morgan fingerprint density at radius 1 is 1.38 bits per heavy atom. The number of carbonyl (C=O) groups is 1. The van der Waals surface area contributed by atoms with E-state index in [1.54, 1.807) is 12.1 Å². The van der Waals surface area contributed by atoms with Crippen LogP contribution in [-0.2, 0) is 0 Å². The van der Waals surface area contributed by atoms with Gasteiger partial charge < -0.3 is 4.74 Å². The van der Waals surface area contributed by atoms with E-state index in [-0.39, 0.29) is 5.78 Å². The van der Waals surface area contributed by atoms with Gasteiger partial charge in [-0.1, -0.05) is 18.2 Å². The maximum atomic E-state index is 11.7. The molecule has 0 aliphatic carbocycles. The van der Waals surface area contributed by atoms with Gasteiger partial charge in [-0.05, 0) is 19.1 Å². The van der Waals surface area contributed by atoms with E-state index < -0.39 is 0 Å². The van der Waals surface area contributed by atoms with Crippen LogP contribution < -0.4 is 4.74 Å². The molecule has 1 aliphatic rings. The Balaban J connectivity index is 2.51. The molecule has 0 atom stereocenters. The zero-order valence-electron chi connectivity index (χ0n) is 7.41. The van der Waals surface area contributed by atoms with Crippen LogP contribution in [0.1, 0.15) is 17.3 Å². The number of ether oxygens (including phenoxy) is 1. The van der Waals surface area contributed by atoms with E-state index >= 15 is 0 Å². The van der Waals surface area contributed by atoms with Crippen LogP contribution in [0.3, 0.4) is 0 Å². The second kappa shape index (κ2) is 3.05. The van der Waals surface area contributed by atoms with Crippen LogP contribution >= 0.6 is 0 Å². The number of hydrogen-bond acceptors (Lipinski definition) is 2. The molecule has 0 aromatic heterocycles. The van der Waals surface area contributed by atoms with Crippen molar-refractivity contribution in [3.8, 4) is 5.75 Å². The average Bonchev–Trinajstić information content (AvgIpc) is 2.19. The van der Waals surface area contributed by atoms with Crippen molar-refractivity contribution in [2.75, 3.05) is 6.61 Å². The molecule has 2 nitrogen and oxygen atoms in total. The first-order chi connectivity index (χ1) is 6.33. The van der Waals surface area contributed by atoms with E-state index in [9.17, 15) is 4.79 Å². The summed E-state index contributed by atoms with van der Waals surface area (Å²) in [5.41, 5.74) is 1.40. The van der Waals surface area contributed by atoms with Crippen LogP contribution in [0.5, 0.6) is 5.75 Å². The number of rotatable bonds is 0. The summed E-state index contributed by atoms with van der Waals surface area (Å²) in [6, 6.07) is 7.32. The predicted octanol–water partition coefficient (Wildman–Crippen LogP) is 2.21. The normalized spacial score (nSPS) is 18.2. The summed E-state index contributed by atoms with van der Waals surface area (Å²) in [7, 11) is 0. The molecule has 66 valence electrons. The quantitative estimate of drug-likeness (QED) is 0.563. The van der Waals surface area contributed by atoms with Crippen molar-refractivity contribution in [2.24, 2.45) is 0 Å². The van der Waals surface area contributed by atoms with Gasteiger partial charge in [0.2, 0.25) is 0 Å². The molecule has 0 bridgehead atoms. The summed E-state index contributed by atoms with van der Waals surface area (Å²) in [6.45, 7) is 2.25. The number of benzene rings is 1. The Kier molecular flexibility index (Phi) is 1.89. The highest BCUT2D eigenvalue weighted by Crippen LogP contribution is 2.26. The minimum atomic E-state index is 0.0874. The lowest BCUT2D eigenvalue weighted by Gasteiger charge is -2.17. The summed E-state index contributed by atoms with van der Waals surface area (Å²) in [4.78, 5) is 11.7. The van der Waals surface area contributed by atoms with Crippen molar-refractivity contribution in [3.05, 3.63) is 41.5 Å². The first-order valence-electron chi connectivity index (χ1n) is 4.24. The Morgan fingerprint density at radius 2 is 2.15 bits per heavy atom. The fourth-order valence-corrected chi connectivity index (χ4v) is 1.39. The molecule has 0 saturated heterocycles. The van der Waals surface area contributed by atoms with Crippen molar-refractivity contribution in [1.82, 2.24) is 0 Å². The summed E-state index contributed by atoms with van der Waals surface area (Å²) in [6.07, 6.45) is 1.80. The van der Waals surface area contributed by atoms with Crippen LogP contribution in [0.4, 0.5) is 0 Å². The van der Waals surface area contributed by atoms with Crippen LogP contribution in [0.2, 0.25) is 0 Å². The number of Topliss-reactive ketones (excluding diaryl/α,β-unsaturated/α-hetero) is 1. The van der Waals surface area contributed by atoms with E-state index in [2.05, 4.69) is 0 Å². The van der Waals surface area contributed by atoms with Crippen LogP contribution in [0, 0.1) is 0 Å². The van der Waals surface area contributed by atoms with Gasteiger partial charge in [0.1, 0.15) is 12.4 Å². The maximum absolute atomic E-state index is 11.7. The SMILES string of the molecule is C/C=C1\COc2ccccc2C1=O. The highest BCUT2D eigenvalue weighted by molar-refractivity contribution is 6.11. The maximum Gasteiger partial charge on any atom is 0.195 e. The van der Waals surface area contributed by atoms with E-state index in [0.717, 1.165) is 5.57 Å². The van der Waals surface area contributed by atoms with Crippen LogP contribution in [0.15, 0.2) is 35.9 Å². The highest BCUT2D eigenvalue weighted by Gasteiger charge is 2.21. The summed E-state index contributed by atoms with van der Waals surface area (Å²) >= 11 is 0. The Morgan fingerprint density at radius 3 is 2.92 bits per heavy atom. The first-order valence-corrected chi connectivity index (χ1v) is 4.24. The molecule has 0 spiro atoms. The number of para-hydroxylation sites is 1. The fraction of sp³-hybridized carbons (Fsp3) is 0.182. The Hall–Kier alpha value is -1.57. The number of hydrogen-bond donors (Lipinski definition) is 0. The van der Waals surface area contributed by atoms with Gasteiger partial charge in [0.15, 0.2) is 5.78 Å². The van der Waals surface area contributed by atoms with Crippen molar-refractivity contribution < 1.29 is 9.53 Å². The second-order valence-corrected chi connectivity index (χ2v) is 2.93. The van der Waals surface area contributed by atoms with Crippen molar-refractivity contribution >= 4 is 5.78 Å². The van der Waals surface area contributed by atoms with E-state index in [1.807, 2.05) is 25.1 Å². The average molecular weight is 174 g/mol. The van der Waals surface area contributed by atoms with E-state index in [0.29, 0.717) is 17.9 Å². The number of fused-ring (bicyclic) bond motifs is 1. The molecule has 0 amide bonds. The van der Waals surface area contributed by atoms with E-state index in [4.69, 9.17) is 4.74 Å². The topological polar surface area (TPSA) is 26.3 Å². The zero-order chi connectivity index (χ0) is 9.26. The van der Waals surface area contributed by atoms with Crippen LogP contribution in [0.25, 0.3) is 0 Å². The van der Waals surface area contributed by atoms with Gasteiger partial charge in [-0.3, -0.25) is 4.79 Å². The molecule has 13 heavy (non-hydrogen) atoms. The molecular formula is C11H10O2. The van der Waals surface area contributed by atoms with Crippen LogP contribution in [-0.4, -0.2) is 12.4 Å².